The number of fused-ring (bicyclic) bond motifs is 1. The molecule has 0 radical (unpaired) electrons. The lowest BCUT2D eigenvalue weighted by atomic mass is 9.84. The first-order valence-electron chi connectivity index (χ1n) is 14.6. The second kappa shape index (κ2) is 13.0. The molecular formula is C32H41FN4O6. The van der Waals surface area contributed by atoms with Crippen LogP contribution in [0.1, 0.15) is 84.4 Å². The van der Waals surface area contributed by atoms with Crippen LogP contribution >= 0.6 is 0 Å². The first-order chi connectivity index (χ1) is 20.3. The maximum Gasteiger partial charge on any atom is 0.303 e. The molecule has 11 heteroatoms. The van der Waals surface area contributed by atoms with Gasteiger partial charge in [0.05, 0.1) is 31.0 Å². The number of aliphatic carboxylic acids is 1. The van der Waals surface area contributed by atoms with E-state index in [1.165, 1.54) is 7.05 Å². The number of carboxylic acids is 1. The molecule has 2 aliphatic rings. The number of amidine groups is 1. The van der Waals surface area contributed by atoms with Crippen molar-refractivity contribution in [3.63, 3.8) is 0 Å². The minimum absolute atomic E-state index is 0.0339. The molecule has 2 heterocycles. The maximum absolute atomic E-state index is 14.3. The number of carboxylic acid groups (broad SMARTS) is 1. The minimum atomic E-state index is -0.998. The van der Waals surface area contributed by atoms with Crippen LogP contribution < -0.4 is 19.7 Å². The first kappa shape index (κ1) is 31.8. The van der Waals surface area contributed by atoms with E-state index in [9.17, 15) is 18.8 Å². The molecule has 232 valence electrons. The van der Waals surface area contributed by atoms with Gasteiger partial charge in [-0.1, -0.05) is 20.8 Å². The molecular weight excluding hydrogens is 555 g/mol. The van der Waals surface area contributed by atoms with E-state index in [1.54, 1.807) is 29.2 Å². The van der Waals surface area contributed by atoms with Gasteiger partial charge in [0.15, 0.2) is 5.78 Å². The number of alkyl halides is 1. The third-order valence-electron chi connectivity index (χ3n) is 7.70. The number of amides is 1. The summed E-state index contributed by atoms with van der Waals surface area (Å²) in [6, 6.07) is 6.92. The molecule has 0 aliphatic carbocycles. The van der Waals surface area contributed by atoms with Crippen LogP contribution in [0.3, 0.4) is 0 Å². The molecule has 1 unspecified atom stereocenters. The molecule has 0 bridgehead atoms. The van der Waals surface area contributed by atoms with Crippen molar-refractivity contribution >= 4 is 29.2 Å². The highest BCUT2D eigenvalue weighted by Gasteiger charge is 2.33. The number of halogens is 1. The summed E-state index contributed by atoms with van der Waals surface area (Å²) in [5.74, 6) is -0.333. The quantitative estimate of drug-likeness (QED) is 0.240. The van der Waals surface area contributed by atoms with Crippen LogP contribution in [0, 0.1) is 5.41 Å². The normalized spacial score (nSPS) is 16.3. The Morgan fingerprint density at radius 3 is 2.51 bits per heavy atom. The fraction of sp³-hybridized carbons (Fsp3) is 0.500. The summed E-state index contributed by atoms with van der Waals surface area (Å²) < 4.78 is 26.2. The van der Waals surface area contributed by atoms with Gasteiger partial charge < -0.3 is 29.7 Å². The summed E-state index contributed by atoms with van der Waals surface area (Å²) in [5, 5.41) is 20.4. The summed E-state index contributed by atoms with van der Waals surface area (Å²) in [4.78, 5) is 40.9. The van der Waals surface area contributed by atoms with E-state index in [0.717, 1.165) is 11.1 Å². The third kappa shape index (κ3) is 7.09. The van der Waals surface area contributed by atoms with Gasteiger partial charge >= 0.3 is 5.97 Å². The van der Waals surface area contributed by atoms with Crippen molar-refractivity contribution in [2.45, 2.75) is 65.1 Å². The van der Waals surface area contributed by atoms with E-state index in [0.29, 0.717) is 66.4 Å². The number of carbonyl (C=O) groups is 3. The number of ketones is 1. The van der Waals surface area contributed by atoms with Crippen molar-refractivity contribution in [2.24, 2.45) is 0 Å². The number of hydrogen-bond acceptors (Lipinski definition) is 7. The summed E-state index contributed by atoms with van der Waals surface area (Å²) in [5.41, 5.74) is 3.05. The monoisotopic (exact) mass is 596 g/mol. The molecule has 1 amide bonds. The van der Waals surface area contributed by atoms with Gasteiger partial charge in [0.1, 0.15) is 23.5 Å². The number of nitrogens with zero attached hydrogens (tertiary/aromatic N) is 2. The molecule has 1 atom stereocenters. The number of rotatable bonds is 12. The smallest absolute Gasteiger partial charge is 0.303 e. The molecule has 2 aromatic carbocycles. The van der Waals surface area contributed by atoms with Crippen LogP contribution in [0.5, 0.6) is 11.5 Å². The Morgan fingerprint density at radius 1 is 1.16 bits per heavy atom. The highest BCUT2D eigenvalue weighted by Crippen LogP contribution is 2.42. The Labute approximate surface area is 251 Å². The Hall–Kier alpha value is -4.15. The SMILES string of the molecule is CCOc1cc2c(cc1C(=O)NC)C(=N)N(CC(=O)c1cc(N3CCC(F)C3)c(OCCCC(=O)O)c(C(C)(C)C)c1)C2. The van der Waals surface area contributed by atoms with Gasteiger partial charge in [-0.3, -0.25) is 19.8 Å². The number of anilines is 1. The average molecular weight is 597 g/mol. The van der Waals surface area contributed by atoms with Gasteiger partial charge in [-0.15, -0.1) is 0 Å². The molecule has 3 N–H and O–H groups in total. The zero-order valence-corrected chi connectivity index (χ0v) is 25.5. The minimum Gasteiger partial charge on any atom is -0.493 e. The van der Waals surface area contributed by atoms with Crippen LogP contribution in [0.25, 0.3) is 0 Å². The molecule has 0 aromatic heterocycles. The van der Waals surface area contributed by atoms with E-state index in [1.807, 2.05) is 32.6 Å². The summed E-state index contributed by atoms with van der Waals surface area (Å²) in [7, 11) is 1.53. The lowest BCUT2D eigenvalue weighted by Gasteiger charge is -2.29. The Balaban J connectivity index is 1.65. The molecule has 4 rings (SSSR count). The lowest BCUT2D eigenvalue weighted by molar-refractivity contribution is -0.137. The van der Waals surface area contributed by atoms with Crippen LogP contribution in [0.15, 0.2) is 24.3 Å². The number of benzene rings is 2. The third-order valence-corrected chi connectivity index (χ3v) is 7.70. The first-order valence-corrected chi connectivity index (χ1v) is 14.6. The lowest BCUT2D eigenvalue weighted by Crippen LogP contribution is -2.31. The highest BCUT2D eigenvalue weighted by molar-refractivity contribution is 6.08. The second-order valence-electron chi connectivity index (χ2n) is 11.9. The number of carbonyl (C=O) groups excluding carboxylic acids is 2. The van der Waals surface area contributed by atoms with Gasteiger partial charge in [0.2, 0.25) is 0 Å². The molecule has 0 spiro atoms. The average Bonchev–Trinajstić information content (AvgIpc) is 3.51. The summed E-state index contributed by atoms with van der Waals surface area (Å²) >= 11 is 0. The van der Waals surface area contributed by atoms with Crippen LogP contribution in [0.4, 0.5) is 10.1 Å². The number of Topliss-reactive ketones (excluding diaryl/α,β-unsaturated/α-hetero) is 1. The molecule has 1 fully saturated rings. The predicted octanol–water partition coefficient (Wildman–Crippen LogP) is 4.56. The van der Waals surface area contributed by atoms with E-state index >= 15 is 0 Å². The zero-order valence-electron chi connectivity index (χ0n) is 25.5. The Kier molecular flexibility index (Phi) is 9.62. The van der Waals surface area contributed by atoms with E-state index in [-0.39, 0.29) is 43.6 Å². The number of nitrogens with one attached hydrogen (secondary N) is 2. The standard InChI is InChI=1S/C32H41FN4O6/c1-6-42-27-14-20-16-37(30(34)22(20)15-23(27)31(41)35-5)18-26(38)19-12-24(32(2,3)4)29(43-11-7-8-28(39)40)25(13-19)36-10-9-21(33)17-36/h12-15,21,34H,6-11,16-18H2,1-5H3,(H,35,41)(H,39,40). The van der Waals surface area contributed by atoms with Crippen molar-refractivity contribution < 1.29 is 33.4 Å². The van der Waals surface area contributed by atoms with Gasteiger partial charge in [-0.25, -0.2) is 4.39 Å². The Bertz CT molecular complexity index is 1420. The highest BCUT2D eigenvalue weighted by atomic mass is 19.1. The molecule has 2 aromatic rings. The zero-order chi connectivity index (χ0) is 31.5. The van der Waals surface area contributed by atoms with Crippen molar-refractivity contribution in [1.29, 1.82) is 5.41 Å². The molecule has 1 saturated heterocycles. The van der Waals surface area contributed by atoms with Gasteiger partial charge in [0, 0.05) is 49.8 Å². The van der Waals surface area contributed by atoms with Crippen LogP contribution in [-0.4, -0.2) is 79.6 Å². The topological polar surface area (TPSA) is 132 Å². The van der Waals surface area contributed by atoms with Crippen LogP contribution in [-0.2, 0) is 16.8 Å². The van der Waals surface area contributed by atoms with Crippen molar-refractivity contribution in [3.8, 4) is 11.5 Å². The molecule has 0 saturated carbocycles. The number of ether oxygens (including phenoxy) is 2. The fourth-order valence-corrected chi connectivity index (χ4v) is 5.47. The van der Waals surface area contributed by atoms with E-state index in [2.05, 4.69) is 5.32 Å². The van der Waals surface area contributed by atoms with Crippen molar-refractivity contribution in [3.05, 3.63) is 52.1 Å². The summed E-state index contributed by atoms with van der Waals surface area (Å²) in [6.45, 7) is 9.26. The second-order valence-corrected chi connectivity index (χ2v) is 11.9. The predicted molar refractivity (Wildman–Crippen MR) is 162 cm³/mol. The fourth-order valence-electron chi connectivity index (χ4n) is 5.47. The van der Waals surface area contributed by atoms with Crippen molar-refractivity contribution in [2.75, 3.05) is 44.8 Å². The van der Waals surface area contributed by atoms with Gasteiger partial charge in [-0.2, -0.15) is 0 Å². The maximum atomic E-state index is 14.3. The molecule has 43 heavy (non-hydrogen) atoms. The van der Waals surface area contributed by atoms with Gasteiger partial charge in [-0.05, 0) is 55.0 Å². The molecule has 2 aliphatic heterocycles. The summed E-state index contributed by atoms with van der Waals surface area (Å²) in [6.07, 6.45) is -0.350. The van der Waals surface area contributed by atoms with Crippen LogP contribution in [0.2, 0.25) is 0 Å². The molecule has 10 nitrogen and oxygen atoms in total. The van der Waals surface area contributed by atoms with E-state index < -0.39 is 17.6 Å². The van der Waals surface area contributed by atoms with E-state index in [4.69, 9.17) is 20.0 Å². The Morgan fingerprint density at radius 2 is 1.91 bits per heavy atom. The number of hydrogen-bond donors (Lipinski definition) is 3. The van der Waals surface area contributed by atoms with Gasteiger partial charge in [0.25, 0.3) is 5.91 Å². The largest absolute Gasteiger partial charge is 0.493 e. The van der Waals surface area contributed by atoms with Crippen molar-refractivity contribution in [1.82, 2.24) is 10.2 Å².